The highest BCUT2D eigenvalue weighted by atomic mass is 19.4. The average molecular weight is 383 g/mol. The standard InChI is InChI=1S/C19H20F3NO4/c1-12-7-14(9-15(8-12)19(20,21)22)17(25)16(24)10-23-18(26)27-11-13-5-3-2-4-6-13/h2-9,16-17,24-25H,10-11H2,1H3,(H,23,26). The Balaban J connectivity index is 1.90. The second kappa shape index (κ2) is 8.88. The molecule has 8 heteroatoms. The molecule has 0 saturated heterocycles. The Morgan fingerprint density at radius 1 is 1.15 bits per heavy atom. The van der Waals surface area contributed by atoms with Crippen LogP contribution in [0.1, 0.15) is 28.4 Å². The van der Waals surface area contributed by atoms with E-state index < -0.39 is 30.0 Å². The minimum atomic E-state index is -4.56. The topological polar surface area (TPSA) is 78.8 Å². The second-order valence-corrected chi connectivity index (χ2v) is 6.08. The van der Waals surface area contributed by atoms with Crippen molar-refractivity contribution >= 4 is 6.09 Å². The van der Waals surface area contributed by atoms with Gasteiger partial charge in [-0.15, -0.1) is 0 Å². The lowest BCUT2D eigenvalue weighted by Crippen LogP contribution is -2.35. The molecule has 0 fully saturated rings. The Kier molecular flexibility index (Phi) is 6.81. The molecule has 146 valence electrons. The van der Waals surface area contributed by atoms with E-state index in [1.54, 1.807) is 24.3 Å². The molecule has 2 rings (SSSR count). The number of halogens is 3. The zero-order valence-electron chi connectivity index (χ0n) is 14.5. The molecular weight excluding hydrogens is 363 g/mol. The van der Waals surface area contributed by atoms with Gasteiger partial charge in [-0.2, -0.15) is 13.2 Å². The van der Waals surface area contributed by atoms with E-state index in [0.29, 0.717) is 5.56 Å². The Morgan fingerprint density at radius 3 is 2.44 bits per heavy atom. The number of ether oxygens (including phenoxy) is 1. The fraction of sp³-hybridized carbons (Fsp3) is 0.316. The van der Waals surface area contributed by atoms with Gasteiger partial charge in [-0.1, -0.05) is 42.0 Å². The monoisotopic (exact) mass is 383 g/mol. The third kappa shape index (κ3) is 6.26. The molecule has 0 aliphatic heterocycles. The van der Waals surface area contributed by atoms with Crippen LogP contribution in [-0.4, -0.2) is 29.0 Å². The summed E-state index contributed by atoms with van der Waals surface area (Å²) in [5, 5.41) is 22.4. The van der Waals surface area contributed by atoms with Gasteiger partial charge in [0.1, 0.15) is 18.8 Å². The molecule has 1 amide bonds. The molecule has 2 aromatic carbocycles. The first-order chi connectivity index (χ1) is 12.7. The number of benzene rings is 2. The molecule has 27 heavy (non-hydrogen) atoms. The maximum absolute atomic E-state index is 12.9. The Morgan fingerprint density at radius 2 is 1.81 bits per heavy atom. The van der Waals surface area contributed by atoms with E-state index in [0.717, 1.165) is 17.7 Å². The van der Waals surface area contributed by atoms with Crippen LogP contribution in [-0.2, 0) is 17.5 Å². The minimum absolute atomic E-state index is 0.0259. The lowest BCUT2D eigenvalue weighted by molar-refractivity contribution is -0.137. The number of hydrogen-bond acceptors (Lipinski definition) is 4. The maximum Gasteiger partial charge on any atom is 0.416 e. The van der Waals surface area contributed by atoms with Crippen LogP contribution in [0.5, 0.6) is 0 Å². The van der Waals surface area contributed by atoms with Gasteiger partial charge in [-0.25, -0.2) is 4.79 Å². The number of nitrogens with one attached hydrogen (secondary N) is 1. The number of carbonyl (C=O) groups excluding carboxylic acids is 1. The number of aliphatic hydroxyl groups excluding tert-OH is 2. The van der Waals surface area contributed by atoms with E-state index in [1.165, 1.54) is 13.0 Å². The van der Waals surface area contributed by atoms with Gasteiger partial charge in [-0.3, -0.25) is 0 Å². The first kappa shape index (κ1) is 20.7. The van der Waals surface area contributed by atoms with Gasteiger partial charge in [0.05, 0.1) is 5.56 Å². The largest absolute Gasteiger partial charge is 0.445 e. The van der Waals surface area contributed by atoms with Crippen molar-refractivity contribution in [2.24, 2.45) is 0 Å². The van der Waals surface area contributed by atoms with E-state index in [2.05, 4.69) is 5.32 Å². The molecule has 0 spiro atoms. The van der Waals surface area contributed by atoms with Gasteiger partial charge >= 0.3 is 12.3 Å². The van der Waals surface area contributed by atoms with Gasteiger partial charge in [0.2, 0.25) is 0 Å². The van der Waals surface area contributed by atoms with E-state index in [9.17, 15) is 28.2 Å². The molecule has 0 bridgehead atoms. The van der Waals surface area contributed by atoms with Crippen LogP contribution < -0.4 is 5.32 Å². The third-order valence-corrected chi connectivity index (χ3v) is 3.80. The summed E-state index contributed by atoms with van der Waals surface area (Å²) in [7, 11) is 0. The summed E-state index contributed by atoms with van der Waals surface area (Å²) in [6.45, 7) is 1.10. The number of amides is 1. The van der Waals surface area contributed by atoms with Gasteiger partial charge < -0.3 is 20.3 Å². The Bertz CT molecular complexity index is 765. The van der Waals surface area contributed by atoms with E-state index >= 15 is 0 Å². The number of alkyl halides is 3. The van der Waals surface area contributed by atoms with Crippen molar-refractivity contribution in [2.45, 2.75) is 31.9 Å². The van der Waals surface area contributed by atoms with Gasteiger partial charge in [0.15, 0.2) is 0 Å². The first-order valence-corrected chi connectivity index (χ1v) is 8.16. The van der Waals surface area contributed by atoms with Crippen LogP contribution in [0, 0.1) is 6.92 Å². The maximum atomic E-state index is 12.9. The Labute approximate surface area is 154 Å². The summed E-state index contributed by atoms with van der Waals surface area (Å²) in [5.41, 5.74) is 0.0576. The molecule has 2 unspecified atom stereocenters. The van der Waals surface area contributed by atoms with E-state index in [-0.39, 0.29) is 18.7 Å². The predicted octanol–water partition coefficient (Wildman–Crippen LogP) is 3.33. The summed E-state index contributed by atoms with van der Waals surface area (Å²) in [6, 6.07) is 12.0. The summed E-state index contributed by atoms with van der Waals surface area (Å²) in [4.78, 5) is 11.6. The molecule has 0 aliphatic rings. The van der Waals surface area contributed by atoms with Gasteiger partial charge in [0.25, 0.3) is 0 Å². The summed E-state index contributed by atoms with van der Waals surface area (Å²) >= 11 is 0. The van der Waals surface area contributed by atoms with Crippen molar-refractivity contribution < 1.29 is 32.9 Å². The van der Waals surface area contributed by atoms with Crippen LogP contribution in [0.3, 0.4) is 0 Å². The smallest absolute Gasteiger partial charge is 0.416 e. The summed E-state index contributed by atoms with van der Waals surface area (Å²) < 4.78 is 43.6. The highest BCUT2D eigenvalue weighted by Crippen LogP contribution is 2.32. The average Bonchev–Trinajstić information content (AvgIpc) is 2.63. The third-order valence-electron chi connectivity index (χ3n) is 3.80. The minimum Gasteiger partial charge on any atom is -0.445 e. The van der Waals surface area contributed by atoms with E-state index in [4.69, 9.17) is 4.74 Å². The molecular formula is C19H20F3NO4. The number of rotatable bonds is 6. The van der Waals surface area contributed by atoms with E-state index in [1.807, 2.05) is 6.07 Å². The second-order valence-electron chi connectivity index (χ2n) is 6.08. The quantitative estimate of drug-likeness (QED) is 0.715. The van der Waals surface area contributed by atoms with Gasteiger partial charge in [0, 0.05) is 6.54 Å². The van der Waals surface area contributed by atoms with Crippen molar-refractivity contribution in [1.29, 1.82) is 0 Å². The van der Waals surface area contributed by atoms with Crippen molar-refractivity contribution in [2.75, 3.05) is 6.54 Å². The molecule has 2 atom stereocenters. The SMILES string of the molecule is Cc1cc(C(O)C(O)CNC(=O)OCc2ccccc2)cc(C(F)(F)F)c1. The fourth-order valence-electron chi connectivity index (χ4n) is 2.44. The lowest BCUT2D eigenvalue weighted by Gasteiger charge is -2.20. The summed E-state index contributed by atoms with van der Waals surface area (Å²) in [6.07, 6.45) is -8.48. The predicted molar refractivity (Wildman–Crippen MR) is 91.8 cm³/mol. The normalized spacial score (nSPS) is 13.7. The van der Waals surface area contributed by atoms with Crippen molar-refractivity contribution in [1.82, 2.24) is 5.32 Å². The fourth-order valence-corrected chi connectivity index (χ4v) is 2.44. The molecule has 0 aliphatic carbocycles. The van der Waals surface area contributed by atoms with Crippen molar-refractivity contribution in [3.63, 3.8) is 0 Å². The first-order valence-electron chi connectivity index (χ1n) is 8.16. The number of carbonyl (C=O) groups is 1. The van der Waals surface area contributed by atoms with Crippen LogP contribution in [0.15, 0.2) is 48.5 Å². The van der Waals surface area contributed by atoms with Crippen LogP contribution in [0.25, 0.3) is 0 Å². The number of alkyl carbamates (subject to hydrolysis) is 1. The number of aliphatic hydroxyl groups is 2. The molecule has 0 radical (unpaired) electrons. The highest BCUT2D eigenvalue weighted by Gasteiger charge is 2.32. The molecule has 0 aromatic heterocycles. The molecule has 0 saturated carbocycles. The molecule has 5 nitrogen and oxygen atoms in total. The van der Waals surface area contributed by atoms with Crippen LogP contribution in [0.2, 0.25) is 0 Å². The van der Waals surface area contributed by atoms with Crippen LogP contribution >= 0.6 is 0 Å². The zero-order chi connectivity index (χ0) is 20.0. The lowest BCUT2D eigenvalue weighted by atomic mass is 9.99. The Hall–Kier alpha value is -2.58. The van der Waals surface area contributed by atoms with Crippen molar-refractivity contribution in [3.05, 3.63) is 70.8 Å². The van der Waals surface area contributed by atoms with Crippen molar-refractivity contribution in [3.8, 4) is 0 Å². The molecule has 0 heterocycles. The zero-order valence-corrected chi connectivity index (χ0v) is 14.5. The highest BCUT2D eigenvalue weighted by molar-refractivity contribution is 5.67. The molecule has 2 aromatic rings. The molecule has 3 N–H and O–H groups in total. The van der Waals surface area contributed by atoms with Gasteiger partial charge in [-0.05, 0) is 30.2 Å². The number of aryl methyl sites for hydroxylation is 1. The summed E-state index contributed by atoms with van der Waals surface area (Å²) in [5.74, 6) is 0. The van der Waals surface area contributed by atoms with Crippen LogP contribution in [0.4, 0.5) is 18.0 Å². The number of hydrogen-bond donors (Lipinski definition) is 3.